The summed E-state index contributed by atoms with van der Waals surface area (Å²) in [5.41, 5.74) is -0.512. The Morgan fingerprint density at radius 1 is 1.28 bits per heavy atom. The summed E-state index contributed by atoms with van der Waals surface area (Å²) in [6.45, 7) is 0. The zero-order chi connectivity index (χ0) is 13.3. The minimum absolute atomic E-state index is 0.00187. The minimum atomic E-state index is -1.09. The molecule has 1 aromatic carbocycles. The molecule has 5 nitrogen and oxygen atoms in total. The first-order valence-corrected chi connectivity index (χ1v) is 6.05. The van der Waals surface area contributed by atoms with Gasteiger partial charge in [-0.2, -0.15) is 0 Å². The second-order valence-corrected chi connectivity index (χ2v) is 4.12. The number of hydrogen-bond donors (Lipinski definition) is 1. The van der Waals surface area contributed by atoms with Gasteiger partial charge in [0.05, 0.1) is 10.9 Å². The molecule has 2 rings (SSSR count). The van der Waals surface area contributed by atoms with Crippen molar-refractivity contribution in [3.63, 3.8) is 0 Å². The van der Waals surface area contributed by atoms with Crippen molar-refractivity contribution < 1.29 is 19.1 Å². The fourth-order valence-corrected chi connectivity index (χ4v) is 1.82. The number of carbonyl (C=O) groups is 2. The van der Waals surface area contributed by atoms with Gasteiger partial charge in [-0.1, -0.05) is 15.9 Å². The molecule has 6 heteroatoms. The van der Waals surface area contributed by atoms with Crippen LogP contribution in [0.15, 0.2) is 33.5 Å². The summed E-state index contributed by atoms with van der Waals surface area (Å²) < 4.78 is 4.96. The summed E-state index contributed by atoms with van der Waals surface area (Å²) in [7, 11) is 0. The third-order valence-electron chi connectivity index (χ3n) is 2.40. The quantitative estimate of drug-likeness (QED) is 0.533. The van der Waals surface area contributed by atoms with Crippen LogP contribution >= 0.6 is 15.9 Å². The summed E-state index contributed by atoms with van der Waals surface area (Å²) in [5.74, 6) is -1.50. The lowest BCUT2D eigenvalue weighted by molar-refractivity contribution is 0.0697. The molecule has 1 heterocycles. The molecule has 0 saturated carbocycles. The zero-order valence-electron chi connectivity index (χ0n) is 8.97. The van der Waals surface area contributed by atoms with Crippen LogP contribution in [-0.2, 0) is 0 Å². The highest BCUT2D eigenvalue weighted by atomic mass is 79.9. The highest BCUT2D eigenvalue weighted by Crippen LogP contribution is 2.16. The highest BCUT2D eigenvalue weighted by Gasteiger charge is 2.13. The third kappa shape index (κ3) is 2.19. The largest absolute Gasteiger partial charge is 0.478 e. The van der Waals surface area contributed by atoms with E-state index in [4.69, 9.17) is 9.52 Å². The molecule has 0 unspecified atom stereocenters. The SMILES string of the molecule is O=C(O)c1ccc2oc(=O)c(C(=O)CBr)cc2c1. The van der Waals surface area contributed by atoms with E-state index >= 15 is 0 Å². The molecule has 0 radical (unpaired) electrons. The number of fused-ring (bicyclic) bond motifs is 1. The lowest BCUT2D eigenvalue weighted by Gasteiger charge is -2.01. The van der Waals surface area contributed by atoms with E-state index in [0.717, 1.165) is 0 Å². The fraction of sp³-hybridized carbons (Fsp3) is 0.0833. The molecule has 0 atom stereocenters. The van der Waals surface area contributed by atoms with Crippen LogP contribution < -0.4 is 5.63 Å². The van der Waals surface area contributed by atoms with E-state index in [1.165, 1.54) is 24.3 Å². The predicted octanol–water partition coefficient (Wildman–Crippen LogP) is 2.07. The summed E-state index contributed by atoms with van der Waals surface area (Å²) in [5, 5.41) is 9.26. The van der Waals surface area contributed by atoms with Crippen LogP contribution in [0.1, 0.15) is 20.7 Å². The molecule has 0 fully saturated rings. The van der Waals surface area contributed by atoms with Crippen LogP contribution in [0.2, 0.25) is 0 Å². The zero-order valence-corrected chi connectivity index (χ0v) is 10.6. The van der Waals surface area contributed by atoms with Crippen molar-refractivity contribution in [1.82, 2.24) is 0 Å². The lowest BCUT2D eigenvalue weighted by atomic mass is 10.1. The van der Waals surface area contributed by atoms with Crippen molar-refractivity contribution in [2.24, 2.45) is 0 Å². The molecule has 1 N–H and O–H groups in total. The Bertz CT molecular complexity index is 701. The lowest BCUT2D eigenvalue weighted by Crippen LogP contribution is -2.14. The summed E-state index contributed by atoms with van der Waals surface area (Å²) >= 11 is 2.96. The van der Waals surface area contributed by atoms with Crippen molar-refractivity contribution in [3.05, 3.63) is 45.8 Å². The van der Waals surface area contributed by atoms with Crippen LogP contribution in [0.4, 0.5) is 0 Å². The smallest absolute Gasteiger partial charge is 0.347 e. The van der Waals surface area contributed by atoms with E-state index in [1.54, 1.807) is 0 Å². The van der Waals surface area contributed by atoms with Gasteiger partial charge in [0.25, 0.3) is 0 Å². The van der Waals surface area contributed by atoms with Crippen molar-refractivity contribution in [3.8, 4) is 0 Å². The van der Waals surface area contributed by atoms with Gasteiger partial charge < -0.3 is 9.52 Å². The molecule has 0 amide bonds. The highest BCUT2D eigenvalue weighted by molar-refractivity contribution is 9.09. The Morgan fingerprint density at radius 2 is 2.00 bits per heavy atom. The summed E-state index contributed by atoms with van der Waals surface area (Å²) in [4.78, 5) is 33.8. The Hall–Kier alpha value is -1.95. The number of aromatic carboxylic acids is 1. The maximum Gasteiger partial charge on any atom is 0.347 e. The maximum absolute atomic E-state index is 11.5. The number of ketones is 1. The predicted molar refractivity (Wildman–Crippen MR) is 67.6 cm³/mol. The molecule has 0 aliphatic carbocycles. The molecule has 18 heavy (non-hydrogen) atoms. The minimum Gasteiger partial charge on any atom is -0.478 e. The molecule has 1 aromatic heterocycles. The van der Waals surface area contributed by atoms with E-state index in [2.05, 4.69) is 15.9 Å². The number of benzene rings is 1. The molecule has 0 spiro atoms. The fourth-order valence-electron chi connectivity index (χ4n) is 1.52. The van der Waals surface area contributed by atoms with Crippen LogP contribution in [0.3, 0.4) is 0 Å². The van der Waals surface area contributed by atoms with E-state index in [0.29, 0.717) is 5.39 Å². The van der Waals surface area contributed by atoms with Gasteiger partial charge in [-0.3, -0.25) is 4.79 Å². The van der Waals surface area contributed by atoms with Gasteiger partial charge in [0.2, 0.25) is 0 Å². The Kier molecular flexibility index (Phi) is 3.29. The van der Waals surface area contributed by atoms with Crippen molar-refractivity contribution in [2.75, 3.05) is 5.33 Å². The third-order valence-corrected chi connectivity index (χ3v) is 2.91. The summed E-state index contributed by atoms with van der Waals surface area (Å²) in [6.07, 6.45) is 0. The average molecular weight is 311 g/mol. The number of carbonyl (C=O) groups excluding carboxylic acids is 1. The Balaban J connectivity index is 2.71. The van der Waals surface area contributed by atoms with Crippen LogP contribution in [-0.4, -0.2) is 22.2 Å². The first-order chi connectivity index (χ1) is 8.52. The van der Waals surface area contributed by atoms with Gasteiger partial charge in [-0.15, -0.1) is 0 Å². The molecule has 0 bridgehead atoms. The number of Topliss-reactive ketones (excluding diaryl/α,β-unsaturated/α-hetero) is 1. The second kappa shape index (κ2) is 4.73. The topological polar surface area (TPSA) is 84.6 Å². The van der Waals surface area contributed by atoms with Gasteiger partial charge in [0, 0.05) is 5.39 Å². The number of hydrogen-bond acceptors (Lipinski definition) is 4. The summed E-state index contributed by atoms with van der Waals surface area (Å²) in [6, 6.07) is 5.42. The Labute approximate surface area is 109 Å². The van der Waals surface area contributed by atoms with Gasteiger partial charge in [-0.05, 0) is 24.3 Å². The number of rotatable bonds is 3. The first kappa shape index (κ1) is 12.5. The van der Waals surface area contributed by atoms with Crippen molar-refractivity contribution >= 4 is 38.7 Å². The molecule has 0 saturated heterocycles. The maximum atomic E-state index is 11.5. The standard InChI is InChI=1S/C12H7BrO5/c13-5-9(14)8-4-7-3-6(11(15)16)1-2-10(7)18-12(8)17/h1-4H,5H2,(H,15,16). The second-order valence-electron chi connectivity index (χ2n) is 3.56. The van der Waals surface area contributed by atoms with Gasteiger partial charge in [0.1, 0.15) is 11.1 Å². The molecular weight excluding hydrogens is 304 g/mol. The van der Waals surface area contributed by atoms with Gasteiger partial charge >= 0.3 is 11.6 Å². The average Bonchev–Trinajstić information content (AvgIpc) is 2.36. The van der Waals surface area contributed by atoms with Crippen molar-refractivity contribution in [1.29, 1.82) is 0 Å². The van der Waals surface area contributed by atoms with E-state index in [-0.39, 0.29) is 22.0 Å². The molecule has 92 valence electrons. The number of halogens is 1. The Morgan fingerprint density at radius 3 is 2.61 bits per heavy atom. The monoisotopic (exact) mass is 310 g/mol. The number of alkyl halides is 1. The van der Waals surface area contributed by atoms with E-state index in [9.17, 15) is 14.4 Å². The molecular formula is C12H7BrO5. The number of carboxylic acids is 1. The van der Waals surface area contributed by atoms with E-state index in [1.807, 2.05) is 0 Å². The molecule has 0 aliphatic heterocycles. The van der Waals surface area contributed by atoms with Gasteiger partial charge in [-0.25, -0.2) is 9.59 Å². The van der Waals surface area contributed by atoms with Crippen LogP contribution in [0.5, 0.6) is 0 Å². The van der Waals surface area contributed by atoms with Crippen LogP contribution in [0, 0.1) is 0 Å². The normalized spacial score (nSPS) is 10.5. The van der Waals surface area contributed by atoms with E-state index < -0.39 is 17.4 Å². The molecule has 2 aromatic rings. The van der Waals surface area contributed by atoms with Gasteiger partial charge in [0.15, 0.2) is 5.78 Å². The van der Waals surface area contributed by atoms with Crippen molar-refractivity contribution in [2.45, 2.75) is 0 Å². The first-order valence-electron chi connectivity index (χ1n) is 4.93. The molecule has 0 aliphatic rings. The van der Waals surface area contributed by atoms with Crippen LogP contribution in [0.25, 0.3) is 11.0 Å². The number of carboxylic acid groups (broad SMARTS) is 1.